The van der Waals surface area contributed by atoms with Gasteiger partial charge in [0.1, 0.15) is 0 Å². The van der Waals surface area contributed by atoms with Gasteiger partial charge in [-0.15, -0.1) is 0 Å². The molecule has 0 radical (unpaired) electrons. The highest BCUT2D eigenvalue weighted by molar-refractivity contribution is 6.04. The van der Waals surface area contributed by atoms with E-state index >= 15 is 0 Å². The van der Waals surface area contributed by atoms with Crippen LogP contribution in [0.2, 0.25) is 0 Å². The number of carbonyl (C=O) groups excluding carboxylic acids is 1. The van der Waals surface area contributed by atoms with Crippen LogP contribution in [0.25, 0.3) is 0 Å². The molecule has 0 unspecified atom stereocenters. The van der Waals surface area contributed by atoms with Crippen molar-refractivity contribution in [1.82, 2.24) is 0 Å². The van der Waals surface area contributed by atoms with Gasteiger partial charge in [-0.05, 0) is 51.1 Å². The first kappa shape index (κ1) is 14.1. The van der Waals surface area contributed by atoms with E-state index in [-0.39, 0.29) is 11.4 Å². The van der Waals surface area contributed by atoms with Crippen molar-refractivity contribution in [2.45, 2.75) is 26.3 Å². The van der Waals surface area contributed by atoms with Gasteiger partial charge in [-0.25, -0.2) is 0 Å². The third kappa shape index (κ3) is 4.12. The molecule has 0 spiro atoms. The first-order valence-electron chi connectivity index (χ1n) is 6.69. The van der Waals surface area contributed by atoms with Crippen LogP contribution in [0.5, 0.6) is 0 Å². The summed E-state index contributed by atoms with van der Waals surface area (Å²) in [4.78, 5) is 12.2. The van der Waals surface area contributed by atoms with Gasteiger partial charge in [-0.1, -0.05) is 24.3 Å². The maximum atomic E-state index is 12.2. The van der Waals surface area contributed by atoms with Crippen LogP contribution in [0, 0.1) is 0 Å². The van der Waals surface area contributed by atoms with Crippen LogP contribution in [0.4, 0.5) is 11.4 Å². The minimum Gasteiger partial charge on any atom is -0.380 e. The quantitative estimate of drug-likeness (QED) is 0.878. The van der Waals surface area contributed by atoms with Gasteiger partial charge in [0, 0.05) is 22.5 Å². The van der Waals surface area contributed by atoms with Crippen molar-refractivity contribution >= 4 is 17.3 Å². The number of anilines is 2. The third-order valence-corrected chi connectivity index (χ3v) is 2.68. The molecule has 104 valence electrons. The molecule has 0 bridgehead atoms. The van der Waals surface area contributed by atoms with E-state index in [0.29, 0.717) is 5.56 Å². The molecule has 0 fully saturated rings. The molecule has 0 aliphatic heterocycles. The minimum atomic E-state index is -0.103. The van der Waals surface area contributed by atoms with Gasteiger partial charge in [0.05, 0.1) is 0 Å². The number of hydrogen-bond donors (Lipinski definition) is 2. The van der Waals surface area contributed by atoms with Crippen LogP contribution in [0.1, 0.15) is 31.1 Å². The number of hydrogen-bond acceptors (Lipinski definition) is 2. The van der Waals surface area contributed by atoms with E-state index in [0.717, 1.165) is 11.4 Å². The van der Waals surface area contributed by atoms with E-state index in [4.69, 9.17) is 0 Å². The van der Waals surface area contributed by atoms with E-state index in [9.17, 15) is 4.79 Å². The molecule has 0 saturated heterocycles. The molecule has 2 N–H and O–H groups in total. The van der Waals surface area contributed by atoms with Crippen LogP contribution in [0.15, 0.2) is 54.6 Å². The number of carbonyl (C=O) groups is 1. The second kappa shape index (κ2) is 5.78. The van der Waals surface area contributed by atoms with E-state index in [1.165, 1.54) is 0 Å². The minimum absolute atomic E-state index is 0.0332. The number of benzene rings is 2. The Morgan fingerprint density at radius 3 is 2.20 bits per heavy atom. The summed E-state index contributed by atoms with van der Waals surface area (Å²) >= 11 is 0. The lowest BCUT2D eigenvalue weighted by atomic mass is 10.1. The van der Waals surface area contributed by atoms with Crippen molar-refractivity contribution < 1.29 is 4.79 Å². The van der Waals surface area contributed by atoms with Gasteiger partial charge in [0.2, 0.25) is 0 Å². The van der Waals surface area contributed by atoms with Crippen molar-refractivity contribution in [3.63, 3.8) is 0 Å². The van der Waals surface area contributed by atoms with Gasteiger partial charge in [0.15, 0.2) is 0 Å². The monoisotopic (exact) mass is 268 g/mol. The average Bonchev–Trinajstić information content (AvgIpc) is 2.38. The van der Waals surface area contributed by atoms with Gasteiger partial charge >= 0.3 is 0 Å². The Balaban J connectivity index is 2.12. The Morgan fingerprint density at radius 2 is 1.55 bits per heavy atom. The molecule has 1 amide bonds. The zero-order valence-corrected chi connectivity index (χ0v) is 12.1. The largest absolute Gasteiger partial charge is 0.380 e. The molecular formula is C17H20N2O. The number of rotatable bonds is 3. The summed E-state index contributed by atoms with van der Waals surface area (Å²) in [6.45, 7) is 6.26. The molecule has 0 aliphatic rings. The Bertz CT molecular complexity index is 585. The Labute approximate surface area is 120 Å². The summed E-state index contributed by atoms with van der Waals surface area (Å²) in [6.07, 6.45) is 0. The van der Waals surface area contributed by atoms with Crippen LogP contribution < -0.4 is 10.6 Å². The molecule has 3 heteroatoms. The number of amides is 1. The summed E-state index contributed by atoms with van der Waals surface area (Å²) in [7, 11) is 0. The van der Waals surface area contributed by atoms with Gasteiger partial charge in [-0.3, -0.25) is 4.79 Å². The van der Waals surface area contributed by atoms with E-state index in [1.54, 1.807) is 0 Å². The molecular weight excluding hydrogens is 248 g/mol. The van der Waals surface area contributed by atoms with Gasteiger partial charge in [0.25, 0.3) is 5.91 Å². The predicted molar refractivity (Wildman–Crippen MR) is 84.2 cm³/mol. The second-order valence-corrected chi connectivity index (χ2v) is 5.78. The fourth-order valence-electron chi connectivity index (χ4n) is 1.90. The normalized spacial score (nSPS) is 10.9. The zero-order valence-electron chi connectivity index (χ0n) is 12.1. The van der Waals surface area contributed by atoms with E-state index < -0.39 is 0 Å². The van der Waals surface area contributed by atoms with Crippen molar-refractivity contribution in [3.05, 3.63) is 60.2 Å². The van der Waals surface area contributed by atoms with Crippen molar-refractivity contribution in [1.29, 1.82) is 0 Å². The third-order valence-electron chi connectivity index (χ3n) is 2.68. The molecule has 20 heavy (non-hydrogen) atoms. The molecule has 2 aromatic rings. The average molecular weight is 268 g/mol. The molecule has 0 aromatic heterocycles. The topological polar surface area (TPSA) is 41.1 Å². The zero-order chi connectivity index (χ0) is 14.6. The summed E-state index contributed by atoms with van der Waals surface area (Å²) in [5.41, 5.74) is 2.35. The lowest BCUT2D eigenvalue weighted by molar-refractivity contribution is 0.102. The van der Waals surface area contributed by atoms with Gasteiger partial charge < -0.3 is 10.6 Å². The highest BCUT2D eigenvalue weighted by Crippen LogP contribution is 2.17. The van der Waals surface area contributed by atoms with Crippen molar-refractivity contribution in [2.75, 3.05) is 10.6 Å². The maximum Gasteiger partial charge on any atom is 0.255 e. The van der Waals surface area contributed by atoms with E-state index in [1.807, 2.05) is 54.6 Å². The summed E-state index contributed by atoms with van der Waals surface area (Å²) in [6, 6.07) is 17.0. The van der Waals surface area contributed by atoms with Crippen molar-refractivity contribution in [2.24, 2.45) is 0 Å². The second-order valence-electron chi connectivity index (χ2n) is 5.78. The molecule has 3 nitrogen and oxygen atoms in total. The molecule has 0 heterocycles. The summed E-state index contributed by atoms with van der Waals surface area (Å²) in [5, 5.41) is 6.24. The standard InChI is InChI=1S/C17H20N2O/c1-17(2,3)19-15-11-7-8-13(12-15)16(20)18-14-9-5-4-6-10-14/h4-12,19H,1-3H3,(H,18,20). The van der Waals surface area contributed by atoms with Crippen LogP contribution in [-0.4, -0.2) is 11.4 Å². The molecule has 2 rings (SSSR count). The molecule has 0 atom stereocenters. The Hall–Kier alpha value is -2.29. The Morgan fingerprint density at radius 1 is 0.900 bits per heavy atom. The first-order chi connectivity index (χ1) is 9.44. The lowest BCUT2D eigenvalue weighted by Gasteiger charge is -2.22. The Kier molecular flexibility index (Phi) is 4.08. The molecule has 0 saturated carbocycles. The first-order valence-corrected chi connectivity index (χ1v) is 6.69. The fraction of sp³-hybridized carbons (Fsp3) is 0.235. The number of para-hydroxylation sites is 1. The maximum absolute atomic E-state index is 12.2. The van der Waals surface area contributed by atoms with Crippen LogP contribution >= 0.6 is 0 Å². The van der Waals surface area contributed by atoms with Crippen molar-refractivity contribution in [3.8, 4) is 0 Å². The smallest absolute Gasteiger partial charge is 0.255 e. The summed E-state index contributed by atoms with van der Waals surface area (Å²) in [5.74, 6) is -0.103. The van der Waals surface area contributed by atoms with Gasteiger partial charge in [-0.2, -0.15) is 0 Å². The molecule has 2 aromatic carbocycles. The van der Waals surface area contributed by atoms with Crippen LogP contribution in [-0.2, 0) is 0 Å². The highest BCUT2D eigenvalue weighted by Gasteiger charge is 2.11. The lowest BCUT2D eigenvalue weighted by Crippen LogP contribution is -2.26. The summed E-state index contributed by atoms with van der Waals surface area (Å²) < 4.78 is 0. The number of nitrogens with one attached hydrogen (secondary N) is 2. The van der Waals surface area contributed by atoms with Crippen LogP contribution in [0.3, 0.4) is 0 Å². The SMILES string of the molecule is CC(C)(C)Nc1cccc(C(=O)Nc2ccccc2)c1. The van der Waals surface area contributed by atoms with E-state index in [2.05, 4.69) is 31.4 Å². The molecule has 0 aliphatic carbocycles. The predicted octanol–water partition coefficient (Wildman–Crippen LogP) is 4.15. The highest BCUT2D eigenvalue weighted by atomic mass is 16.1. The fourth-order valence-corrected chi connectivity index (χ4v) is 1.90.